The summed E-state index contributed by atoms with van der Waals surface area (Å²) in [5, 5.41) is 5.20. The van der Waals surface area contributed by atoms with Gasteiger partial charge in [0.05, 0.1) is 10.7 Å². The number of nitrogens with zero attached hydrogens (tertiary/aromatic N) is 2. The summed E-state index contributed by atoms with van der Waals surface area (Å²) in [6, 6.07) is 23.9. The first-order valence-corrected chi connectivity index (χ1v) is 11.2. The topological polar surface area (TPSA) is 55.6 Å². The summed E-state index contributed by atoms with van der Waals surface area (Å²) in [7, 11) is 0. The standard InChI is InChI=1S/C24H19Br2N3O2/c25-19-10-11-23(21(26)12-19)31-16-24(30)28-27-13-18-15-29(14-17-6-2-1-3-7-17)22-9-5-4-8-20(18)22/h1-13,15H,14,16H2,(H,28,30)/b27-13+. The van der Waals surface area contributed by atoms with Gasteiger partial charge in [0.15, 0.2) is 6.61 Å². The van der Waals surface area contributed by atoms with E-state index in [0.717, 1.165) is 32.0 Å². The Bertz CT molecular complexity index is 1240. The minimum Gasteiger partial charge on any atom is -0.483 e. The molecule has 0 aliphatic rings. The maximum absolute atomic E-state index is 12.1. The number of carbonyl (C=O) groups excluding carboxylic acids is 1. The number of carbonyl (C=O) groups is 1. The lowest BCUT2D eigenvalue weighted by atomic mass is 10.2. The summed E-state index contributed by atoms with van der Waals surface area (Å²) in [6.45, 7) is 0.630. The third-order valence-electron chi connectivity index (χ3n) is 4.66. The monoisotopic (exact) mass is 539 g/mol. The molecule has 156 valence electrons. The highest BCUT2D eigenvalue weighted by Crippen LogP contribution is 2.28. The van der Waals surface area contributed by atoms with Gasteiger partial charge in [0.2, 0.25) is 0 Å². The van der Waals surface area contributed by atoms with Gasteiger partial charge in [-0.05, 0) is 45.8 Å². The Labute approximate surface area is 197 Å². The van der Waals surface area contributed by atoms with Crippen LogP contribution in [0.25, 0.3) is 10.9 Å². The number of ether oxygens (including phenoxy) is 1. The number of halogens is 2. The molecule has 7 heteroatoms. The summed E-state index contributed by atoms with van der Waals surface area (Å²) in [5.41, 5.74) is 5.79. The number of amides is 1. The summed E-state index contributed by atoms with van der Waals surface area (Å²) in [6.07, 6.45) is 3.71. The molecule has 1 heterocycles. The van der Waals surface area contributed by atoms with Crippen molar-refractivity contribution in [3.63, 3.8) is 0 Å². The zero-order valence-electron chi connectivity index (χ0n) is 16.5. The number of hydrazone groups is 1. The molecule has 4 rings (SSSR count). The Morgan fingerprint density at radius 2 is 1.81 bits per heavy atom. The molecule has 3 aromatic carbocycles. The van der Waals surface area contributed by atoms with E-state index in [-0.39, 0.29) is 12.5 Å². The number of nitrogens with one attached hydrogen (secondary N) is 1. The Morgan fingerprint density at radius 3 is 2.61 bits per heavy atom. The van der Waals surface area contributed by atoms with E-state index in [1.165, 1.54) is 5.56 Å². The molecule has 4 aromatic rings. The molecule has 31 heavy (non-hydrogen) atoms. The molecule has 1 amide bonds. The first-order chi connectivity index (χ1) is 15.1. The molecular weight excluding hydrogens is 522 g/mol. The molecule has 0 aliphatic heterocycles. The zero-order chi connectivity index (χ0) is 21.6. The van der Waals surface area contributed by atoms with Crippen molar-refractivity contribution in [2.45, 2.75) is 6.54 Å². The minimum absolute atomic E-state index is 0.132. The van der Waals surface area contributed by atoms with Gasteiger partial charge < -0.3 is 9.30 Å². The molecule has 0 unspecified atom stereocenters. The SMILES string of the molecule is O=C(COc1ccc(Br)cc1Br)N/N=C/c1cn(Cc2ccccc2)c2ccccc12. The molecule has 0 aliphatic carbocycles. The normalized spacial score (nSPS) is 11.2. The van der Waals surface area contributed by atoms with Crippen molar-refractivity contribution in [1.82, 2.24) is 9.99 Å². The second-order valence-electron chi connectivity index (χ2n) is 6.87. The lowest BCUT2D eigenvalue weighted by Crippen LogP contribution is -2.24. The molecule has 0 saturated carbocycles. The molecule has 1 aromatic heterocycles. The molecule has 0 saturated heterocycles. The quantitative estimate of drug-likeness (QED) is 0.240. The average molecular weight is 541 g/mol. The molecular formula is C24H19Br2N3O2. The van der Waals surface area contributed by atoms with Gasteiger partial charge in [0, 0.05) is 33.7 Å². The molecule has 0 bridgehead atoms. The van der Waals surface area contributed by atoms with E-state index < -0.39 is 0 Å². The maximum atomic E-state index is 12.1. The van der Waals surface area contributed by atoms with Crippen LogP contribution in [0.1, 0.15) is 11.1 Å². The van der Waals surface area contributed by atoms with Gasteiger partial charge in [-0.1, -0.05) is 64.5 Å². The number of hydrogen-bond donors (Lipinski definition) is 1. The third kappa shape index (κ3) is 5.42. The smallest absolute Gasteiger partial charge is 0.277 e. The van der Waals surface area contributed by atoms with Gasteiger partial charge in [0.1, 0.15) is 5.75 Å². The van der Waals surface area contributed by atoms with Crippen molar-refractivity contribution in [3.8, 4) is 5.75 Å². The van der Waals surface area contributed by atoms with E-state index in [0.29, 0.717) is 5.75 Å². The van der Waals surface area contributed by atoms with Crippen LogP contribution in [0, 0.1) is 0 Å². The van der Waals surface area contributed by atoms with Gasteiger partial charge in [-0.15, -0.1) is 0 Å². The van der Waals surface area contributed by atoms with Gasteiger partial charge in [-0.2, -0.15) is 5.10 Å². The number of benzene rings is 3. The maximum Gasteiger partial charge on any atom is 0.277 e. The summed E-state index contributed by atoms with van der Waals surface area (Å²) < 4.78 is 9.41. The lowest BCUT2D eigenvalue weighted by Gasteiger charge is -2.07. The largest absolute Gasteiger partial charge is 0.483 e. The summed E-state index contributed by atoms with van der Waals surface area (Å²) in [4.78, 5) is 12.1. The van der Waals surface area contributed by atoms with E-state index in [2.05, 4.69) is 65.2 Å². The number of fused-ring (bicyclic) bond motifs is 1. The minimum atomic E-state index is -0.334. The van der Waals surface area contributed by atoms with Gasteiger partial charge >= 0.3 is 0 Å². The van der Waals surface area contributed by atoms with Crippen molar-refractivity contribution < 1.29 is 9.53 Å². The number of aromatic nitrogens is 1. The van der Waals surface area contributed by atoms with Crippen LogP contribution in [-0.4, -0.2) is 23.3 Å². The second-order valence-corrected chi connectivity index (χ2v) is 8.64. The van der Waals surface area contributed by atoms with Crippen LogP contribution in [0.5, 0.6) is 5.75 Å². The number of para-hydroxylation sites is 1. The van der Waals surface area contributed by atoms with Crippen molar-refractivity contribution in [3.05, 3.63) is 99.1 Å². The van der Waals surface area contributed by atoms with Crippen LogP contribution in [-0.2, 0) is 11.3 Å². The van der Waals surface area contributed by atoms with E-state index >= 15 is 0 Å². The Morgan fingerprint density at radius 1 is 1.03 bits per heavy atom. The molecule has 0 atom stereocenters. The van der Waals surface area contributed by atoms with Crippen LogP contribution in [0.15, 0.2) is 93.0 Å². The zero-order valence-corrected chi connectivity index (χ0v) is 19.6. The van der Waals surface area contributed by atoms with Crippen molar-refractivity contribution in [2.24, 2.45) is 5.10 Å². The van der Waals surface area contributed by atoms with E-state index in [9.17, 15) is 4.79 Å². The van der Waals surface area contributed by atoms with Gasteiger partial charge in [0.25, 0.3) is 5.91 Å². The van der Waals surface area contributed by atoms with Crippen LogP contribution < -0.4 is 10.2 Å². The van der Waals surface area contributed by atoms with E-state index in [1.807, 2.05) is 54.7 Å². The molecule has 5 nitrogen and oxygen atoms in total. The molecule has 0 spiro atoms. The Kier molecular flexibility index (Phi) is 6.84. The molecule has 0 radical (unpaired) electrons. The highest BCUT2D eigenvalue weighted by Gasteiger charge is 2.08. The van der Waals surface area contributed by atoms with Crippen LogP contribution in [0.2, 0.25) is 0 Å². The van der Waals surface area contributed by atoms with Crippen molar-refractivity contribution in [2.75, 3.05) is 6.61 Å². The lowest BCUT2D eigenvalue weighted by molar-refractivity contribution is -0.123. The average Bonchev–Trinajstić information content (AvgIpc) is 3.11. The predicted octanol–water partition coefficient (Wildman–Crippen LogP) is 5.74. The van der Waals surface area contributed by atoms with Crippen LogP contribution in [0.4, 0.5) is 0 Å². The predicted molar refractivity (Wildman–Crippen MR) is 131 cm³/mol. The fraction of sp³-hybridized carbons (Fsp3) is 0.0833. The van der Waals surface area contributed by atoms with Crippen molar-refractivity contribution >= 4 is 54.9 Å². The fourth-order valence-electron chi connectivity index (χ4n) is 3.23. The highest BCUT2D eigenvalue weighted by molar-refractivity contribution is 9.11. The first-order valence-electron chi connectivity index (χ1n) is 9.62. The summed E-state index contributed by atoms with van der Waals surface area (Å²) >= 11 is 6.79. The van der Waals surface area contributed by atoms with Crippen LogP contribution in [0.3, 0.4) is 0 Å². The molecule has 0 fully saturated rings. The number of hydrogen-bond acceptors (Lipinski definition) is 3. The Hall–Kier alpha value is -2.90. The fourth-order valence-corrected chi connectivity index (χ4v) is 4.39. The Balaban J connectivity index is 1.42. The summed E-state index contributed by atoms with van der Waals surface area (Å²) in [5.74, 6) is 0.255. The first kappa shape index (κ1) is 21.3. The second kappa shape index (κ2) is 9.94. The van der Waals surface area contributed by atoms with Gasteiger partial charge in [-0.25, -0.2) is 5.43 Å². The highest BCUT2D eigenvalue weighted by atomic mass is 79.9. The van der Waals surface area contributed by atoms with Crippen LogP contribution >= 0.6 is 31.9 Å². The van der Waals surface area contributed by atoms with Crippen molar-refractivity contribution in [1.29, 1.82) is 0 Å². The van der Waals surface area contributed by atoms with Gasteiger partial charge in [-0.3, -0.25) is 4.79 Å². The number of rotatable bonds is 7. The third-order valence-corrected chi connectivity index (χ3v) is 5.77. The van der Waals surface area contributed by atoms with E-state index in [1.54, 1.807) is 12.3 Å². The molecule has 1 N–H and O–H groups in total. The van der Waals surface area contributed by atoms with E-state index in [4.69, 9.17) is 4.74 Å².